The molecule has 1 heterocycles. The van der Waals surface area contributed by atoms with Gasteiger partial charge in [-0.1, -0.05) is 48.0 Å². The summed E-state index contributed by atoms with van der Waals surface area (Å²) in [6, 6.07) is 19.4. The number of carbonyl (C=O) groups is 1. The largest absolute Gasteiger partial charge is 0.310 e. The average Bonchev–Trinajstić information content (AvgIpc) is 3.36. The maximum absolute atomic E-state index is 12.4. The minimum Gasteiger partial charge on any atom is -0.310 e. The number of nitrogens with one attached hydrogen (secondary N) is 1. The number of anilines is 1. The number of pyridine rings is 1. The lowest BCUT2D eigenvalue weighted by molar-refractivity contribution is -0.117. The molecule has 114 valence electrons. The van der Waals surface area contributed by atoms with Crippen molar-refractivity contribution in [2.24, 2.45) is 5.92 Å². The summed E-state index contributed by atoms with van der Waals surface area (Å²) in [5, 5.41) is 4.72. The van der Waals surface area contributed by atoms with Crippen LogP contribution in [0.15, 0.2) is 60.7 Å². The summed E-state index contributed by atoms with van der Waals surface area (Å²) in [4.78, 5) is 16.9. The summed E-state index contributed by atoms with van der Waals surface area (Å²) < 4.78 is 0. The van der Waals surface area contributed by atoms with Gasteiger partial charge < -0.3 is 5.32 Å². The third-order valence-electron chi connectivity index (χ3n) is 4.28. The Bertz CT molecular complexity index is 893. The van der Waals surface area contributed by atoms with Gasteiger partial charge in [0.1, 0.15) is 5.82 Å². The summed E-state index contributed by atoms with van der Waals surface area (Å²) in [5.74, 6) is 0.795. The zero-order chi connectivity index (χ0) is 15.8. The normalized spacial score (nSPS) is 19.5. The van der Waals surface area contributed by atoms with Crippen LogP contribution in [-0.2, 0) is 4.79 Å². The van der Waals surface area contributed by atoms with Gasteiger partial charge in [0.05, 0.1) is 5.52 Å². The van der Waals surface area contributed by atoms with E-state index >= 15 is 0 Å². The second-order valence-electron chi connectivity index (χ2n) is 5.85. The highest BCUT2D eigenvalue weighted by Crippen LogP contribution is 2.49. The number of para-hydroxylation sites is 1. The van der Waals surface area contributed by atoms with Crippen LogP contribution < -0.4 is 5.32 Å². The fourth-order valence-electron chi connectivity index (χ4n) is 2.96. The van der Waals surface area contributed by atoms with Crippen LogP contribution in [0, 0.1) is 5.92 Å². The zero-order valence-electron chi connectivity index (χ0n) is 12.4. The molecule has 1 aromatic heterocycles. The second kappa shape index (κ2) is 5.67. The average molecular weight is 323 g/mol. The van der Waals surface area contributed by atoms with E-state index in [4.69, 9.17) is 11.6 Å². The second-order valence-corrected chi connectivity index (χ2v) is 6.26. The number of amides is 1. The van der Waals surface area contributed by atoms with Crippen LogP contribution in [0.25, 0.3) is 10.9 Å². The number of fused-ring (bicyclic) bond motifs is 1. The molecule has 0 bridgehead atoms. The lowest BCUT2D eigenvalue weighted by Gasteiger charge is -2.06. The molecule has 1 saturated carbocycles. The third kappa shape index (κ3) is 2.80. The van der Waals surface area contributed by atoms with Gasteiger partial charge >= 0.3 is 0 Å². The summed E-state index contributed by atoms with van der Waals surface area (Å²) in [7, 11) is 0. The van der Waals surface area contributed by atoms with Gasteiger partial charge in [-0.2, -0.15) is 0 Å². The molecule has 0 unspecified atom stereocenters. The maximum atomic E-state index is 12.4. The van der Waals surface area contributed by atoms with Crippen molar-refractivity contribution >= 4 is 34.2 Å². The number of hydrogen-bond donors (Lipinski definition) is 1. The first-order valence-corrected chi connectivity index (χ1v) is 8.01. The van der Waals surface area contributed by atoms with Gasteiger partial charge in [-0.3, -0.25) is 4.79 Å². The number of benzene rings is 2. The molecular formula is C19H15ClN2O. The molecule has 0 radical (unpaired) electrons. The monoisotopic (exact) mass is 322 g/mol. The van der Waals surface area contributed by atoms with E-state index in [0.29, 0.717) is 5.82 Å². The fourth-order valence-corrected chi connectivity index (χ4v) is 3.23. The topological polar surface area (TPSA) is 42.0 Å². The van der Waals surface area contributed by atoms with E-state index in [9.17, 15) is 4.79 Å². The summed E-state index contributed by atoms with van der Waals surface area (Å²) in [6.45, 7) is 0. The first-order chi connectivity index (χ1) is 11.2. The van der Waals surface area contributed by atoms with Crippen LogP contribution in [0.3, 0.4) is 0 Å². The lowest BCUT2D eigenvalue weighted by atomic mass is 10.1. The lowest BCUT2D eigenvalue weighted by Crippen LogP contribution is -2.15. The van der Waals surface area contributed by atoms with E-state index in [1.165, 1.54) is 0 Å². The highest BCUT2D eigenvalue weighted by Gasteiger charge is 2.44. The smallest absolute Gasteiger partial charge is 0.229 e. The van der Waals surface area contributed by atoms with E-state index < -0.39 is 0 Å². The molecule has 1 N–H and O–H groups in total. The standard InChI is InChI=1S/C19H15ClN2O/c20-16-7-3-2-6-13(16)14-11-15(14)19(23)22-18-10-9-12-5-1-4-8-17(12)21-18/h1-10,14-15H,11H2,(H,21,22,23)/t14-,15-/m1/s1. The Balaban J connectivity index is 1.49. The van der Waals surface area contributed by atoms with Crippen LogP contribution in [0.4, 0.5) is 5.82 Å². The predicted molar refractivity (Wildman–Crippen MR) is 92.7 cm³/mol. The van der Waals surface area contributed by atoms with E-state index in [1.54, 1.807) is 0 Å². The zero-order valence-corrected chi connectivity index (χ0v) is 13.1. The van der Waals surface area contributed by atoms with Gasteiger partial charge in [0, 0.05) is 16.3 Å². The highest BCUT2D eigenvalue weighted by atomic mass is 35.5. The molecule has 23 heavy (non-hydrogen) atoms. The molecule has 4 rings (SSSR count). The third-order valence-corrected chi connectivity index (χ3v) is 4.63. The van der Waals surface area contributed by atoms with Crippen LogP contribution in [0.2, 0.25) is 5.02 Å². The summed E-state index contributed by atoms with van der Waals surface area (Å²) in [5.41, 5.74) is 1.93. The van der Waals surface area contributed by atoms with Gasteiger partial charge in [-0.25, -0.2) is 4.98 Å². The van der Waals surface area contributed by atoms with Gasteiger partial charge in [0.25, 0.3) is 0 Å². The Labute approximate surface area is 139 Å². The van der Waals surface area contributed by atoms with E-state index in [2.05, 4.69) is 10.3 Å². The van der Waals surface area contributed by atoms with Crippen molar-refractivity contribution < 1.29 is 4.79 Å². The van der Waals surface area contributed by atoms with Gasteiger partial charge in [-0.15, -0.1) is 0 Å². The van der Waals surface area contributed by atoms with Crippen molar-refractivity contribution in [3.63, 3.8) is 0 Å². The quantitative estimate of drug-likeness (QED) is 0.764. The van der Waals surface area contributed by atoms with Crippen LogP contribution in [-0.4, -0.2) is 10.9 Å². The molecule has 0 spiro atoms. The number of halogens is 1. The van der Waals surface area contributed by atoms with Gasteiger partial charge in [0.2, 0.25) is 5.91 Å². The SMILES string of the molecule is O=C(Nc1ccc2ccccc2n1)[C@@H]1C[C@@H]1c1ccccc1Cl. The van der Waals surface area contributed by atoms with E-state index in [0.717, 1.165) is 27.9 Å². The Hall–Kier alpha value is -2.39. The number of nitrogens with zero attached hydrogens (tertiary/aromatic N) is 1. The summed E-state index contributed by atoms with van der Waals surface area (Å²) in [6.07, 6.45) is 0.836. The van der Waals surface area contributed by atoms with Crippen molar-refractivity contribution in [3.05, 3.63) is 71.2 Å². The van der Waals surface area contributed by atoms with E-state index in [-0.39, 0.29) is 17.7 Å². The van der Waals surface area contributed by atoms with Gasteiger partial charge in [0.15, 0.2) is 0 Å². The Morgan fingerprint density at radius 3 is 2.70 bits per heavy atom. The molecule has 4 heteroatoms. The minimum atomic E-state index is -0.0248. The number of rotatable bonds is 3. The van der Waals surface area contributed by atoms with Crippen LogP contribution in [0.1, 0.15) is 17.9 Å². The molecule has 2 atom stereocenters. The first kappa shape index (κ1) is 14.2. The van der Waals surface area contributed by atoms with Crippen LogP contribution in [0.5, 0.6) is 0 Å². The van der Waals surface area contributed by atoms with Crippen molar-refractivity contribution in [2.45, 2.75) is 12.3 Å². The summed E-state index contributed by atoms with van der Waals surface area (Å²) >= 11 is 6.21. The number of carbonyl (C=O) groups excluding carboxylic acids is 1. The molecule has 0 aliphatic heterocycles. The van der Waals surface area contributed by atoms with Crippen molar-refractivity contribution in [1.82, 2.24) is 4.98 Å². The fraction of sp³-hybridized carbons (Fsp3) is 0.158. The molecule has 1 aliphatic rings. The molecule has 0 saturated heterocycles. The maximum Gasteiger partial charge on any atom is 0.229 e. The molecule has 3 nitrogen and oxygen atoms in total. The van der Waals surface area contributed by atoms with Crippen molar-refractivity contribution in [1.29, 1.82) is 0 Å². The first-order valence-electron chi connectivity index (χ1n) is 7.63. The number of hydrogen-bond acceptors (Lipinski definition) is 2. The predicted octanol–water partition coefficient (Wildman–Crippen LogP) is 4.63. The number of aromatic nitrogens is 1. The van der Waals surface area contributed by atoms with Crippen LogP contribution >= 0.6 is 11.6 Å². The molecule has 3 aromatic rings. The Kier molecular flexibility index (Phi) is 3.50. The van der Waals surface area contributed by atoms with Gasteiger partial charge in [-0.05, 0) is 42.2 Å². The van der Waals surface area contributed by atoms with Crippen molar-refractivity contribution in [3.8, 4) is 0 Å². The molecule has 1 amide bonds. The minimum absolute atomic E-state index is 0.0118. The Morgan fingerprint density at radius 1 is 1.04 bits per heavy atom. The molecule has 1 aliphatic carbocycles. The molecule has 1 fully saturated rings. The molecular weight excluding hydrogens is 308 g/mol. The van der Waals surface area contributed by atoms with Crippen molar-refractivity contribution in [2.75, 3.05) is 5.32 Å². The van der Waals surface area contributed by atoms with E-state index in [1.807, 2.05) is 60.7 Å². The molecule has 2 aromatic carbocycles. The highest BCUT2D eigenvalue weighted by molar-refractivity contribution is 6.31. The Morgan fingerprint density at radius 2 is 1.83 bits per heavy atom.